The van der Waals surface area contributed by atoms with Gasteiger partial charge in [0.05, 0.1) is 16.7 Å². The van der Waals surface area contributed by atoms with Crippen LogP contribution in [-0.2, 0) is 6.54 Å². The van der Waals surface area contributed by atoms with E-state index in [1.54, 1.807) is 9.13 Å². The zero-order valence-corrected chi connectivity index (χ0v) is 11.3. The molecule has 0 fully saturated rings. The third-order valence-corrected chi connectivity index (χ3v) is 3.46. The normalized spacial score (nSPS) is 11.1. The fourth-order valence-corrected chi connectivity index (χ4v) is 2.53. The number of benzene rings is 2. The van der Waals surface area contributed by atoms with Gasteiger partial charge >= 0.3 is 5.69 Å². The molecule has 1 heterocycles. The van der Waals surface area contributed by atoms with E-state index in [4.69, 9.17) is 11.6 Å². The summed E-state index contributed by atoms with van der Waals surface area (Å²) in [5.41, 5.74) is 2.56. The minimum Gasteiger partial charge on any atom is -0.292 e. The Bertz CT molecular complexity index is 787. The molecular formula is C15H13ClN2O. The number of halogens is 1. The summed E-state index contributed by atoms with van der Waals surface area (Å²) >= 11 is 6.06. The van der Waals surface area contributed by atoms with E-state index in [9.17, 15) is 4.79 Å². The van der Waals surface area contributed by atoms with E-state index in [0.717, 1.165) is 16.7 Å². The molecule has 0 bridgehead atoms. The summed E-state index contributed by atoms with van der Waals surface area (Å²) in [6.45, 7) is 2.60. The molecule has 0 saturated carbocycles. The highest BCUT2D eigenvalue weighted by Crippen LogP contribution is 2.21. The number of para-hydroxylation sites is 1. The fourth-order valence-electron chi connectivity index (χ4n) is 2.36. The summed E-state index contributed by atoms with van der Waals surface area (Å²) in [4.78, 5) is 12.5. The average molecular weight is 273 g/mol. The average Bonchev–Trinajstić information content (AvgIpc) is 2.70. The third-order valence-electron chi connectivity index (χ3n) is 3.22. The highest BCUT2D eigenvalue weighted by Gasteiger charge is 2.13. The molecule has 4 heteroatoms. The number of hydrogen-bond acceptors (Lipinski definition) is 1. The quantitative estimate of drug-likeness (QED) is 0.702. The molecule has 0 N–H and O–H groups in total. The fraction of sp³-hybridized carbons (Fsp3) is 0.133. The lowest BCUT2D eigenvalue weighted by atomic mass is 10.3. The summed E-state index contributed by atoms with van der Waals surface area (Å²) < 4.78 is 3.45. The molecule has 3 aromatic rings. The van der Waals surface area contributed by atoms with Gasteiger partial charge in [0.1, 0.15) is 0 Å². The van der Waals surface area contributed by atoms with Gasteiger partial charge in [0, 0.05) is 11.6 Å². The highest BCUT2D eigenvalue weighted by atomic mass is 35.5. The molecule has 1 aromatic heterocycles. The molecule has 0 spiro atoms. The minimum atomic E-state index is -0.0361. The van der Waals surface area contributed by atoms with Gasteiger partial charge in [-0.25, -0.2) is 4.79 Å². The molecule has 3 nitrogen and oxygen atoms in total. The van der Waals surface area contributed by atoms with Crippen LogP contribution in [0.5, 0.6) is 0 Å². The van der Waals surface area contributed by atoms with Crippen molar-refractivity contribution in [1.82, 2.24) is 9.13 Å². The van der Waals surface area contributed by atoms with Gasteiger partial charge in [-0.15, -0.1) is 0 Å². The Kier molecular flexibility index (Phi) is 2.91. The van der Waals surface area contributed by atoms with E-state index < -0.39 is 0 Å². The van der Waals surface area contributed by atoms with Crippen LogP contribution in [0.25, 0.3) is 16.7 Å². The van der Waals surface area contributed by atoms with Gasteiger partial charge < -0.3 is 0 Å². The molecule has 0 aliphatic carbocycles. The maximum absolute atomic E-state index is 12.5. The van der Waals surface area contributed by atoms with Crippen molar-refractivity contribution in [3.05, 3.63) is 64.0 Å². The number of imidazole rings is 1. The highest BCUT2D eigenvalue weighted by molar-refractivity contribution is 6.31. The van der Waals surface area contributed by atoms with E-state index in [1.165, 1.54) is 0 Å². The SMILES string of the molecule is CCn1c(=O)n(-c2ccccc2)c2cc(Cl)ccc21. The lowest BCUT2D eigenvalue weighted by molar-refractivity contribution is 0.734. The van der Waals surface area contributed by atoms with Crippen LogP contribution >= 0.6 is 11.6 Å². The second-order valence-corrected chi connectivity index (χ2v) is 4.77. The first-order valence-electron chi connectivity index (χ1n) is 6.18. The number of aromatic nitrogens is 2. The van der Waals surface area contributed by atoms with Gasteiger partial charge in [-0.1, -0.05) is 29.8 Å². The molecule has 0 aliphatic heterocycles. The summed E-state index contributed by atoms with van der Waals surface area (Å²) in [6.07, 6.45) is 0. The second-order valence-electron chi connectivity index (χ2n) is 4.33. The molecule has 0 radical (unpaired) electrons. The van der Waals surface area contributed by atoms with Crippen LogP contribution in [0.15, 0.2) is 53.3 Å². The molecule has 2 aromatic carbocycles. The van der Waals surface area contributed by atoms with Gasteiger partial charge in [-0.05, 0) is 37.3 Å². The number of rotatable bonds is 2. The van der Waals surface area contributed by atoms with Gasteiger partial charge in [0.2, 0.25) is 0 Å². The van der Waals surface area contributed by atoms with Crippen LogP contribution in [0, 0.1) is 0 Å². The number of fused-ring (bicyclic) bond motifs is 1. The van der Waals surface area contributed by atoms with E-state index in [0.29, 0.717) is 11.6 Å². The molecule has 0 atom stereocenters. The van der Waals surface area contributed by atoms with Crippen LogP contribution < -0.4 is 5.69 Å². The molecule has 3 rings (SSSR count). The van der Waals surface area contributed by atoms with Crippen LogP contribution in [0.4, 0.5) is 0 Å². The first-order chi connectivity index (χ1) is 9.22. The topological polar surface area (TPSA) is 26.9 Å². The van der Waals surface area contributed by atoms with E-state index >= 15 is 0 Å². The summed E-state index contributed by atoms with van der Waals surface area (Å²) in [6, 6.07) is 15.1. The van der Waals surface area contributed by atoms with Crippen molar-refractivity contribution in [2.75, 3.05) is 0 Å². The molecule has 0 unspecified atom stereocenters. The predicted octanol–water partition coefficient (Wildman–Crippen LogP) is 3.47. The van der Waals surface area contributed by atoms with Crippen LogP contribution in [0.2, 0.25) is 5.02 Å². The molecule has 0 aliphatic rings. The second kappa shape index (κ2) is 4.59. The van der Waals surface area contributed by atoms with Crippen molar-refractivity contribution in [3.63, 3.8) is 0 Å². The molecule has 0 saturated heterocycles. The first-order valence-corrected chi connectivity index (χ1v) is 6.56. The Morgan fingerprint density at radius 3 is 2.47 bits per heavy atom. The summed E-state index contributed by atoms with van der Waals surface area (Å²) in [5.74, 6) is 0. The van der Waals surface area contributed by atoms with Gasteiger partial charge in [-0.3, -0.25) is 9.13 Å². The number of hydrogen-bond donors (Lipinski definition) is 0. The smallest absolute Gasteiger partial charge is 0.292 e. The van der Waals surface area contributed by atoms with Gasteiger partial charge in [0.25, 0.3) is 0 Å². The van der Waals surface area contributed by atoms with Crippen molar-refractivity contribution in [2.24, 2.45) is 0 Å². The Labute approximate surface area is 115 Å². The maximum atomic E-state index is 12.5. The van der Waals surface area contributed by atoms with Crippen molar-refractivity contribution in [3.8, 4) is 5.69 Å². The van der Waals surface area contributed by atoms with Crippen LogP contribution in [0.1, 0.15) is 6.92 Å². The Morgan fingerprint density at radius 2 is 1.79 bits per heavy atom. The standard InChI is InChI=1S/C15H13ClN2O/c1-2-17-13-9-8-11(16)10-14(13)18(15(17)19)12-6-4-3-5-7-12/h3-10H,2H2,1H3. The maximum Gasteiger partial charge on any atom is 0.333 e. The van der Waals surface area contributed by atoms with E-state index in [2.05, 4.69) is 0 Å². The van der Waals surface area contributed by atoms with E-state index in [-0.39, 0.29) is 5.69 Å². The molecule has 0 amide bonds. The van der Waals surface area contributed by atoms with Gasteiger partial charge in [0.15, 0.2) is 0 Å². The largest absolute Gasteiger partial charge is 0.333 e. The zero-order valence-electron chi connectivity index (χ0n) is 10.5. The Balaban J connectivity index is 2.45. The van der Waals surface area contributed by atoms with Crippen LogP contribution in [-0.4, -0.2) is 9.13 Å². The summed E-state index contributed by atoms with van der Waals surface area (Å²) in [5, 5.41) is 0.630. The van der Waals surface area contributed by atoms with Crippen molar-refractivity contribution < 1.29 is 0 Å². The lowest BCUT2D eigenvalue weighted by Gasteiger charge is -2.02. The minimum absolute atomic E-state index is 0.0361. The lowest BCUT2D eigenvalue weighted by Crippen LogP contribution is -2.22. The van der Waals surface area contributed by atoms with E-state index in [1.807, 2.05) is 55.5 Å². The number of aryl methyl sites for hydroxylation is 1. The molecule has 96 valence electrons. The van der Waals surface area contributed by atoms with Gasteiger partial charge in [-0.2, -0.15) is 0 Å². The molecular weight excluding hydrogens is 260 g/mol. The monoisotopic (exact) mass is 272 g/mol. The number of nitrogens with zero attached hydrogens (tertiary/aromatic N) is 2. The first kappa shape index (κ1) is 12.1. The Morgan fingerprint density at radius 1 is 1.05 bits per heavy atom. The van der Waals surface area contributed by atoms with Crippen molar-refractivity contribution >= 4 is 22.6 Å². The Hall–Kier alpha value is -2.00. The predicted molar refractivity (Wildman–Crippen MR) is 78.2 cm³/mol. The van der Waals surface area contributed by atoms with Crippen molar-refractivity contribution in [2.45, 2.75) is 13.5 Å². The van der Waals surface area contributed by atoms with Crippen LogP contribution in [0.3, 0.4) is 0 Å². The third kappa shape index (κ3) is 1.87. The molecule has 19 heavy (non-hydrogen) atoms. The zero-order chi connectivity index (χ0) is 13.4. The van der Waals surface area contributed by atoms with Crippen molar-refractivity contribution in [1.29, 1.82) is 0 Å². The summed E-state index contributed by atoms with van der Waals surface area (Å²) in [7, 11) is 0.